The first-order valence-electron chi connectivity index (χ1n) is 9.14. The maximum absolute atomic E-state index is 12.3. The Morgan fingerprint density at radius 3 is 2.59 bits per heavy atom. The minimum absolute atomic E-state index is 0.130. The fraction of sp³-hybridized carbons (Fsp3) is 0.368. The first-order valence-corrected chi connectivity index (χ1v) is 9.14. The van der Waals surface area contributed by atoms with Gasteiger partial charge in [-0.05, 0) is 37.6 Å². The Kier molecular flexibility index (Phi) is 4.72. The lowest BCUT2D eigenvalue weighted by atomic mass is 10.1. The Hall–Kier alpha value is -3.00. The quantitative estimate of drug-likeness (QED) is 0.763. The molecule has 1 aromatic carbocycles. The highest BCUT2D eigenvalue weighted by Crippen LogP contribution is 2.21. The van der Waals surface area contributed by atoms with E-state index in [1.807, 2.05) is 10.9 Å². The van der Waals surface area contributed by atoms with E-state index in [1.54, 1.807) is 30.3 Å². The zero-order valence-electron chi connectivity index (χ0n) is 14.9. The van der Waals surface area contributed by atoms with Crippen LogP contribution in [0.25, 0.3) is 0 Å². The van der Waals surface area contributed by atoms with E-state index in [0.29, 0.717) is 16.8 Å². The monoisotopic (exact) mass is 367 g/mol. The van der Waals surface area contributed by atoms with Gasteiger partial charge in [0.1, 0.15) is 5.69 Å². The second kappa shape index (κ2) is 7.32. The van der Waals surface area contributed by atoms with E-state index in [0.717, 1.165) is 30.8 Å². The molecule has 2 aliphatic heterocycles. The Morgan fingerprint density at radius 1 is 1.19 bits per heavy atom. The third kappa shape index (κ3) is 3.35. The summed E-state index contributed by atoms with van der Waals surface area (Å²) in [6.07, 6.45) is 3.94. The summed E-state index contributed by atoms with van der Waals surface area (Å²) in [5, 5.41) is 10.4. The molecule has 1 atom stereocenters. The average molecular weight is 367 g/mol. The van der Waals surface area contributed by atoms with Gasteiger partial charge in [-0.2, -0.15) is 5.10 Å². The molecule has 1 aromatic heterocycles. The van der Waals surface area contributed by atoms with E-state index in [-0.39, 0.29) is 36.9 Å². The molecule has 3 amide bonds. The third-order valence-electron chi connectivity index (χ3n) is 4.99. The lowest BCUT2D eigenvalue weighted by molar-refractivity contribution is 0.0649. The largest absolute Gasteiger partial charge is 0.349 e. The molecular weight excluding hydrogens is 346 g/mol. The van der Waals surface area contributed by atoms with Crippen molar-refractivity contribution in [3.8, 4) is 0 Å². The van der Waals surface area contributed by atoms with Gasteiger partial charge in [0.15, 0.2) is 0 Å². The van der Waals surface area contributed by atoms with Crippen LogP contribution in [0.1, 0.15) is 50.1 Å². The molecule has 0 bridgehead atoms. The molecule has 8 heteroatoms. The Labute approximate surface area is 156 Å². The lowest BCUT2D eigenvalue weighted by Gasteiger charge is -2.22. The van der Waals surface area contributed by atoms with Crippen LogP contribution in [0.2, 0.25) is 0 Å². The fourth-order valence-electron chi connectivity index (χ4n) is 3.54. The summed E-state index contributed by atoms with van der Waals surface area (Å²) in [7, 11) is 0. The molecule has 0 spiro atoms. The lowest BCUT2D eigenvalue weighted by Crippen LogP contribution is -2.38. The molecule has 27 heavy (non-hydrogen) atoms. The summed E-state index contributed by atoms with van der Waals surface area (Å²) in [5.74, 6) is -0.952. The third-order valence-corrected chi connectivity index (χ3v) is 4.99. The summed E-state index contributed by atoms with van der Waals surface area (Å²) < 4.78 is 1.82. The van der Waals surface area contributed by atoms with Crippen molar-refractivity contribution in [2.45, 2.75) is 18.9 Å². The topological polar surface area (TPSA) is 96.3 Å². The number of carbonyl (C=O) groups excluding carboxylic acids is 3. The molecule has 2 N–H and O–H groups in total. The Morgan fingerprint density at radius 2 is 1.93 bits per heavy atom. The van der Waals surface area contributed by atoms with Crippen LogP contribution < -0.4 is 10.6 Å². The van der Waals surface area contributed by atoms with Crippen molar-refractivity contribution in [1.29, 1.82) is 0 Å². The van der Waals surface area contributed by atoms with Crippen molar-refractivity contribution < 1.29 is 14.4 Å². The maximum Gasteiger partial charge on any atom is 0.271 e. The summed E-state index contributed by atoms with van der Waals surface area (Å²) in [5.41, 5.74) is 1.16. The molecule has 0 aliphatic carbocycles. The smallest absolute Gasteiger partial charge is 0.271 e. The van der Waals surface area contributed by atoms with E-state index >= 15 is 0 Å². The standard InChI is InChI=1S/C19H21N5O3/c25-17(16-7-10-24(22-16)13-4-3-8-20-12-13)21-9-11-23-18(26)14-5-1-2-6-15(14)19(23)27/h1-2,5-7,10,13,20H,3-4,8-9,11-12H2,(H,21,25). The maximum atomic E-state index is 12.3. The minimum atomic E-state index is -0.320. The predicted octanol–water partition coefficient (Wildman–Crippen LogP) is 0.834. The number of amides is 3. The number of rotatable bonds is 5. The molecule has 1 unspecified atom stereocenters. The van der Waals surface area contributed by atoms with Gasteiger partial charge in [0.05, 0.1) is 17.2 Å². The zero-order chi connectivity index (χ0) is 18.8. The number of nitrogens with one attached hydrogen (secondary N) is 2. The fourth-order valence-corrected chi connectivity index (χ4v) is 3.54. The van der Waals surface area contributed by atoms with Crippen LogP contribution in [-0.2, 0) is 0 Å². The molecule has 140 valence electrons. The highest BCUT2D eigenvalue weighted by molar-refractivity contribution is 6.21. The number of hydrogen-bond donors (Lipinski definition) is 2. The molecular formula is C19H21N5O3. The number of hydrogen-bond acceptors (Lipinski definition) is 5. The van der Waals surface area contributed by atoms with Crippen LogP contribution in [0.4, 0.5) is 0 Å². The van der Waals surface area contributed by atoms with Gasteiger partial charge >= 0.3 is 0 Å². The first-order chi connectivity index (χ1) is 13.1. The van der Waals surface area contributed by atoms with Crippen molar-refractivity contribution in [1.82, 2.24) is 25.3 Å². The van der Waals surface area contributed by atoms with Crippen molar-refractivity contribution in [3.63, 3.8) is 0 Å². The van der Waals surface area contributed by atoms with Gasteiger partial charge in [-0.15, -0.1) is 0 Å². The normalized spacial score (nSPS) is 19.3. The average Bonchev–Trinajstić information content (AvgIpc) is 3.29. The van der Waals surface area contributed by atoms with Gasteiger partial charge in [-0.3, -0.25) is 24.0 Å². The number of fused-ring (bicyclic) bond motifs is 1. The summed E-state index contributed by atoms with van der Waals surface area (Å²) in [4.78, 5) is 38.1. The van der Waals surface area contributed by atoms with Gasteiger partial charge in [-0.1, -0.05) is 12.1 Å². The first kappa shape index (κ1) is 17.4. The highest BCUT2D eigenvalue weighted by Gasteiger charge is 2.34. The molecule has 4 rings (SSSR count). The molecule has 0 radical (unpaired) electrons. The Balaban J connectivity index is 1.32. The SMILES string of the molecule is O=C(NCCN1C(=O)c2ccccc2C1=O)c1ccn(C2CCCNC2)n1. The van der Waals surface area contributed by atoms with Crippen LogP contribution in [0.15, 0.2) is 36.5 Å². The van der Waals surface area contributed by atoms with Crippen molar-refractivity contribution in [2.24, 2.45) is 0 Å². The molecule has 3 heterocycles. The molecule has 1 fully saturated rings. The summed E-state index contributed by atoms with van der Waals surface area (Å²) >= 11 is 0. The van der Waals surface area contributed by atoms with Crippen molar-refractivity contribution in [3.05, 3.63) is 53.3 Å². The number of nitrogens with zero attached hydrogens (tertiary/aromatic N) is 3. The van der Waals surface area contributed by atoms with Gasteiger partial charge in [0, 0.05) is 25.8 Å². The second-order valence-electron chi connectivity index (χ2n) is 6.74. The number of piperidine rings is 1. The summed E-state index contributed by atoms with van der Waals surface area (Å²) in [6.45, 7) is 2.18. The van der Waals surface area contributed by atoms with Crippen LogP contribution in [-0.4, -0.2) is 58.6 Å². The number of aromatic nitrogens is 2. The number of benzene rings is 1. The van der Waals surface area contributed by atoms with Gasteiger partial charge in [0.25, 0.3) is 17.7 Å². The van der Waals surface area contributed by atoms with Gasteiger partial charge in [0.2, 0.25) is 0 Å². The van der Waals surface area contributed by atoms with Gasteiger partial charge in [-0.25, -0.2) is 0 Å². The second-order valence-corrected chi connectivity index (χ2v) is 6.74. The number of imide groups is 1. The molecule has 8 nitrogen and oxygen atoms in total. The molecule has 0 saturated carbocycles. The van der Waals surface area contributed by atoms with Crippen molar-refractivity contribution >= 4 is 17.7 Å². The van der Waals surface area contributed by atoms with Crippen LogP contribution in [0.3, 0.4) is 0 Å². The highest BCUT2D eigenvalue weighted by atomic mass is 16.2. The zero-order valence-corrected chi connectivity index (χ0v) is 14.9. The van der Waals surface area contributed by atoms with E-state index in [9.17, 15) is 14.4 Å². The molecule has 2 aromatic rings. The van der Waals surface area contributed by atoms with E-state index in [1.165, 1.54) is 0 Å². The predicted molar refractivity (Wildman–Crippen MR) is 97.5 cm³/mol. The molecule has 2 aliphatic rings. The van der Waals surface area contributed by atoms with E-state index in [4.69, 9.17) is 0 Å². The van der Waals surface area contributed by atoms with Gasteiger partial charge < -0.3 is 10.6 Å². The van der Waals surface area contributed by atoms with Crippen LogP contribution >= 0.6 is 0 Å². The summed E-state index contributed by atoms with van der Waals surface area (Å²) in [6, 6.07) is 8.69. The van der Waals surface area contributed by atoms with Crippen LogP contribution in [0.5, 0.6) is 0 Å². The minimum Gasteiger partial charge on any atom is -0.349 e. The molecule has 1 saturated heterocycles. The number of carbonyl (C=O) groups is 3. The van der Waals surface area contributed by atoms with Crippen molar-refractivity contribution in [2.75, 3.05) is 26.2 Å². The van der Waals surface area contributed by atoms with E-state index < -0.39 is 0 Å². The van der Waals surface area contributed by atoms with Crippen LogP contribution in [0, 0.1) is 0 Å². The Bertz CT molecular complexity index is 850. The van der Waals surface area contributed by atoms with E-state index in [2.05, 4.69) is 15.7 Å².